The maximum Gasteiger partial charge on any atom is 0.349 e. The van der Waals surface area contributed by atoms with Gasteiger partial charge in [-0.15, -0.1) is 0 Å². The van der Waals surface area contributed by atoms with Crippen LogP contribution in [0.3, 0.4) is 0 Å². The van der Waals surface area contributed by atoms with Crippen molar-refractivity contribution >= 4 is 17.6 Å². The second-order valence-corrected chi connectivity index (χ2v) is 2.59. The van der Waals surface area contributed by atoms with E-state index in [1.54, 1.807) is 6.08 Å². The van der Waals surface area contributed by atoms with Crippen LogP contribution in [0.4, 0.5) is 0 Å². The maximum atomic E-state index is 10.7. The molecule has 0 heterocycles. The largest absolute Gasteiger partial charge is 0.465 e. The Bertz CT molecular complexity index is 152. The summed E-state index contributed by atoms with van der Waals surface area (Å²) in [6.07, 6.45) is 4.68. The molecule has 0 amide bonds. The zero-order valence-corrected chi connectivity index (χ0v) is 7.65. The van der Waals surface area contributed by atoms with E-state index in [0.29, 0.717) is 0 Å². The summed E-state index contributed by atoms with van der Waals surface area (Å²) in [5.41, 5.74) is 0. The number of halogens is 1. The fraction of sp³-hybridized carbons (Fsp3) is 0.625. The third-order valence-corrected chi connectivity index (χ3v) is 1.57. The summed E-state index contributed by atoms with van der Waals surface area (Å²) in [6.45, 7) is 2.08. The highest BCUT2D eigenvalue weighted by Gasteiger charge is 2.03. The molecule has 0 spiro atoms. The van der Waals surface area contributed by atoms with Crippen LogP contribution in [0.1, 0.15) is 26.2 Å². The molecule has 0 radical (unpaired) electrons. The topological polar surface area (TPSA) is 26.3 Å². The minimum atomic E-state index is -0.456. The Hall–Kier alpha value is -0.500. The molecule has 0 bridgehead atoms. The second kappa shape index (κ2) is 6.23. The molecule has 0 aliphatic heterocycles. The lowest BCUT2D eigenvalue weighted by atomic mass is 10.2. The number of methoxy groups -OCH3 is 1. The van der Waals surface area contributed by atoms with Crippen molar-refractivity contribution in [2.45, 2.75) is 26.2 Å². The first-order chi connectivity index (χ1) is 5.22. The highest BCUT2D eigenvalue weighted by atomic mass is 35.5. The number of hydrogen-bond acceptors (Lipinski definition) is 2. The molecule has 0 aromatic rings. The number of esters is 1. The minimum absolute atomic E-state index is 0.181. The molecule has 0 rings (SSSR count). The average molecular weight is 177 g/mol. The molecule has 0 unspecified atom stereocenters. The second-order valence-electron chi connectivity index (χ2n) is 2.19. The van der Waals surface area contributed by atoms with E-state index in [9.17, 15) is 4.79 Å². The number of carbonyl (C=O) groups is 1. The fourth-order valence-corrected chi connectivity index (χ4v) is 0.800. The van der Waals surface area contributed by atoms with E-state index in [1.807, 2.05) is 0 Å². The monoisotopic (exact) mass is 176 g/mol. The zero-order valence-electron chi connectivity index (χ0n) is 6.89. The number of hydrogen-bond donors (Lipinski definition) is 0. The van der Waals surface area contributed by atoms with Crippen molar-refractivity contribution in [3.8, 4) is 0 Å². The SMILES string of the molecule is CCCC/C=C(/Cl)C(=O)OC. The summed E-state index contributed by atoms with van der Waals surface area (Å²) < 4.78 is 4.40. The predicted molar refractivity (Wildman–Crippen MR) is 45.5 cm³/mol. The Morgan fingerprint density at radius 2 is 2.27 bits per heavy atom. The van der Waals surface area contributed by atoms with Gasteiger partial charge in [-0.2, -0.15) is 0 Å². The van der Waals surface area contributed by atoms with Gasteiger partial charge in [-0.3, -0.25) is 0 Å². The van der Waals surface area contributed by atoms with Crippen LogP contribution in [0.5, 0.6) is 0 Å². The van der Waals surface area contributed by atoms with Gasteiger partial charge >= 0.3 is 5.97 Å². The number of unbranched alkanes of at least 4 members (excludes halogenated alkanes) is 2. The van der Waals surface area contributed by atoms with Gasteiger partial charge in [0.05, 0.1) is 7.11 Å². The van der Waals surface area contributed by atoms with Crippen LogP contribution in [0.2, 0.25) is 0 Å². The Labute approximate surface area is 72.2 Å². The smallest absolute Gasteiger partial charge is 0.349 e. The van der Waals surface area contributed by atoms with Crippen molar-refractivity contribution in [3.63, 3.8) is 0 Å². The number of allylic oxidation sites excluding steroid dienone is 1. The van der Waals surface area contributed by atoms with Crippen LogP contribution >= 0.6 is 11.6 Å². The van der Waals surface area contributed by atoms with E-state index >= 15 is 0 Å². The predicted octanol–water partition coefficient (Wildman–Crippen LogP) is 2.47. The van der Waals surface area contributed by atoms with E-state index in [-0.39, 0.29) is 5.03 Å². The van der Waals surface area contributed by atoms with E-state index in [2.05, 4.69) is 11.7 Å². The van der Waals surface area contributed by atoms with Crippen LogP contribution < -0.4 is 0 Å². The van der Waals surface area contributed by atoms with E-state index in [4.69, 9.17) is 11.6 Å². The van der Waals surface area contributed by atoms with Crippen LogP contribution in [0.15, 0.2) is 11.1 Å². The standard InChI is InChI=1S/C8H13ClO2/c1-3-4-5-6-7(9)8(10)11-2/h6H,3-5H2,1-2H3/b7-6+. The van der Waals surface area contributed by atoms with Crippen LogP contribution in [-0.2, 0) is 9.53 Å². The van der Waals surface area contributed by atoms with Gasteiger partial charge in [-0.05, 0) is 6.42 Å². The van der Waals surface area contributed by atoms with E-state index in [0.717, 1.165) is 19.3 Å². The lowest BCUT2D eigenvalue weighted by molar-refractivity contribution is -0.135. The Morgan fingerprint density at radius 1 is 1.64 bits per heavy atom. The summed E-state index contributed by atoms with van der Waals surface area (Å²) in [6, 6.07) is 0. The van der Waals surface area contributed by atoms with Gasteiger partial charge in [0.1, 0.15) is 5.03 Å². The fourth-order valence-electron chi connectivity index (χ4n) is 0.614. The van der Waals surface area contributed by atoms with Crippen molar-refractivity contribution in [2.75, 3.05) is 7.11 Å². The molecule has 0 aliphatic rings. The molecular weight excluding hydrogens is 164 g/mol. The molecule has 0 aromatic carbocycles. The zero-order chi connectivity index (χ0) is 8.69. The number of carbonyl (C=O) groups excluding carboxylic acids is 1. The lowest BCUT2D eigenvalue weighted by Gasteiger charge is -1.95. The number of rotatable bonds is 4. The van der Waals surface area contributed by atoms with Gasteiger partial charge in [-0.1, -0.05) is 37.4 Å². The van der Waals surface area contributed by atoms with Crippen LogP contribution in [0, 0.1) is 0 Å². The molecule has 0 N–H and O–H groups in total. The molecule has 0 aromatic heterocycles. The molecule has 64 valence electrons. The summed E-state index contributed by atoms with van der Waals surface area (Å²) in [7, 11) is 1.32. The summed E-state index contributed by atoms with van der Waals surface area (Å²) in [4.78, 5) is 10.7. The normalized spacial score (nSPS) is 11.4. The molecule has 0 saturated heterocycles. The van der Waals surface area contributed by atoms with E-state index in [1.165, 1.54) is 7.11 Å². The molecule has 11 heavy (non-hydrogen) atoms. The summed E-state index contributed by atoms with van der Waals surface area (Å²) >= 11 is 5.55. The Kier molecular flexibility index (Phi) is 5.94. The Morgan fingerprint density at radius 3 is 2.73 bits per heavy atom. The molecule has 0 saturated carbocycles. The highest BCUT2D eigenvalue weighted by molar-refractivity contribution is 6.41. The molecule has 2 nitrogen and oxygen atoms in total. The molecule has 3 heteroatoms. The first-order valence-corrected chi connectivity index (χ1v) is 4.04. The first kappa shape index (κ1) is 10.5. The van der Waals surface area contributed by atoms with Gasteiger partial charge in [0, 0.05) is 0 Å². The third-order valence-electron chi connectivity index (χ3n) is 1.26. The maximum absolute atomic E-state index is 10.7. The van der Waals surface area contributed by atoms with Crippen LogP contribution in [0.25, 0.3) is 0 Å². The van der Waals surface area contributed by atoms with Crippen LogP contribution in [-0.4, -0.2) is 13.1 Å². The number of ether oxygens (including phenoxy) is 1. The molecular formula is C8H13ClO2. The lowest BCUT2D eigenvalue weighted by Crippen LogP contribution is -1.99. The average Bonchev–Trinajstić information content (AvgIpc) is 2.03. The van der Waals surface area contributed by atoms with Crippen molar-refractivity contribution < 1.29 is 9.53 Å². The van der Waals surface area contributed by atoms with Crippen molar-refractivity contribution in [2.24, 2.45) is 0 Å². The van der Waals surface area contributed by atoms with Crippen molar-refractivity contribution in [1.29, 1.82) is 0 Å². The van der Waals surface area contributed by atoms with E-state index < -0.39 is 5.97 Å². The molecule has 0 fully saturated rings. The van der Waals surface area contributed by atoms with Gasteiger partial charge in [0.2, 0.25) is 0 Å². The highest BCUT2D eigenvalue weighted by Crippen LogP contribution is 2.06. The third kappa shape index (κ3) is 4.85. The van der Waals surface area contributed by atoms with Crippen molar-refractivity contribution in [3.05, 3.63) is 11.1 Å². The van der Waals surface area contributed by atoms with Gasteiger partial charge < -0.3 is 4.74 Å². The molecule has 0 atom stereocenters. The molecule has 0 aliphatic carbocycles. The van der Waals surface area contributed by atoms with Gasteiger partial charge in [0.15, 0.2) is 0 Å². The first-order valence-electron chi connectivity index (χ1n) is 3.66. The minimum Gasteiger partial charge on any atom is -0.465 e. The summed E-state index contributed by atoms with van der Waals surface area (Å²) in [5, 5.41) is 0.181. The van der Waals surface area contributed by atoms with Gasteiger partial charge in [-0.25, -0.2) is 4.79 Å². The Balaban J connectivity index is 3.71. The summed E-state index contributed by atoms with van der Waals surface area (Å²) in [5.74, 6) is -0.456. The van der Waals surface area contributed by atoms with Crippen molar-refractivity contribution in [1.82, 2.24) is 0 Å². The van der Waals surface area contributed by atoms with Gasteiger partial charge in [0.25, 0.3) is 0 Å². The quantitative estimate of drug-likeness (QED) is 0.374.